The van der Waals surface area contributed by atoms with Crippen molar-refractivity contribution in [1.29, 1.82) is 0 Å². The first kappa shape index (κ1) is 13.8. The molecule has 2 N–H and O–H groups in total. The Morgan fingerprint density at radius 1 is 1.22 bits per heavy atom. The number of hydrogen-bond acceptors (Lipinski definition) is 2. The number of rotatable bonds is 4. The minimum Gasteiger partial charge on any atom is -0.324 e. The largest absolute Gasteiger partial charge is 0.324 e. The van der Waals surface area contributed by atoms with E-state index >= 15 is 0 Å². The highest BCUT2D eigenvalue weighted by Gasteiger charge is 2.11. The summed E-state index contributed by atoms with van der Waals surface area (Å²) in [5.41, 5.74) is 8.83. The summed E-state index contributed by atoms with van der Waals surface area (Å²) in [4.78, 5) is 2.81. The topological polar surface area (TPSA) is 26.0 Å². The molecule has 1 heterocycles. The Morgan fingerprint density at radius 3 is 2.61 bits per heavy atom. The molecule has 1 unspecified atom stereocenters. The average molecular weight is 324 g/mol. The zero-order chi connectivity index (χ0) is 13.1. The summed E-state index contributed by atoms with van der Waals surface area (Å²) in [6.45, 7) is 4.31. The summed E-state index contributed by atoms with van der Waals surface area (Å²) < 4.78 is 1.10. The van der Waals surface area contributed by atoms with Gasteiger partial charge in [0.15, 0.2) is 0 Å². The van der Waals surface area contributed by atoms with Crippen molar-refractivity contribution in [2.45, 2.75) is 32.7 Å². The van der Waals surface area contributed by atoms with Gasteiger partial charge in [-0.25, -0.2) is 0 Å². The van der Waals surface area contributed by atoms with Gasteiger partial charge in [0.1, 0.15) is 0 Å². The van der Waals surface area contributed by atoms with Crippen molar-refractivity contribution in [2.24, 2.45) is 5.73 Å². The zero-order valence-corrected chi connectivity index (χ0v) is 13.1. The lowest BCUT2D eigenvalue weighted by Gasteiger charge is -2.14. The fraction of sp³-hybridized carbons (Fsp3) is 0.333. The van der Waals surface area contributed by atoms with E-state index in [4.69, 9.17) is 5.73 Å². The molecule has 0 spiro atoms. The third-order valence-electron chi connectivity index (χ3n) is 3.13. The minimum atomic E-state index is 0.0749. The van der Waals surface area contributed by atoms with Gasteiger partial charge in [-0.05, 0) is 48.7 Å². The number of benzene rings is 1. The molecular weight excluding hydrogens is 306 g/mol. The van der Waals surface area contributed by atoms with E-state index in [1.807, 2.05) is 11.3 Å². The van der Waals surface area contributed by atoms with Crippen LogP contribution >= 0.6 is 27.3 Å². The molecule has 1 atom stereocenters. The van der Waals surface area contributed by atoms with Crippen LogP contribution in [0.15, 0.2) is 34.8 Å². The van der Waals surface area contributed by atoms with Gasteiger partial charge in [-0.2, -0.15) is 0 Å². The van der Waals surface area contributed by atoms with E-state index in [9.17, 15) is 0 Å². The van der Waals surface area contributed by atoms with E-state index in [0.29, 0.717) is 0 Å². The first-order valence-electron chi connectivity index (χ1n) is 6.19. The van der Waals surface area contributed by atoms with E-state index < -0.39 is 0 Å². The summed E-state index contributed by atoms with van der Waals surface area (Å²) >= 11 is 5.39. The Morgan fingerprint density at radius 2 is 1.94 bits per heavy atom. The van der Waals surface area contributed by atoms with Crippen LogP contribution in [0.5, 0.6) is 0 Å². The number of thiophene rings is 1. The molecule has 1 aromatic heterocycles. The van der Waals surface area contributed by atoms with Crippen molar-refractivity contribution in [2.75, 3.05) is 0 Å². The lowest BCUT2D eigenvalue weighted by molar-refractivity contribution is 0.724. The van der Waals surface area contributed by atoms with Crippen LogP contribution in [0.3, 0.4) is 0 Å². The molecule has 0 bridgehead atoms. The maximum absolute atomic E-state index is 6.33. The van der Waals surface area contributed by atoms with Crippen LogP contribution in [0.2, 0.25) is 0 Å². The zero-order valence-electron chi connectivity index (χ0n) is 10.7. The molecule has 18 heavy (non-hydrogen) atoms. The second-order valence-electron chi connectivity index (χ2n) is 4.53. The molecule has 0 aliphatic carbocycles. The third-order valence-corrected chi connectivity index (χ3v) is 4.87. The van der Waals surface area contributed by atoms with Crippen LogP contribution in [0.25, 0.3) is 0 Å². The Balaban J connectivity index is 2.16. The van der Waals surface area contributed by atoms with Crippen molar-refractivity contribution < 1.29 is 0 Å². The first-order chi connectivity index (χ1) is 8.60. The molecule has 0 aliphatic rings. The highest BCUT2D eigenvalue weighted by molar-refractivity contribution is 9.10. The van der Waals surface area contributed by atoms with Crippen molar-refractivity contribution in [3.8, 4) is 0 Å². The van der Waals surface area contributed by atoms with Crippen LogP contribution in [-0.4, -0.2) is 0 Å². The first-order valence-corrected chi connectivity index (χ1v) is 7.80. The summed E-state index contributed by atoms with van der Waals surface area (Å²) in [5, 5.41) is 0. The number of aryl methyl sites for hydroxylation is 2. The van der Waals surface area contributed by atoms with Gasteiger partial charge in [-0.1, -0.05) is 28.9 Å². The maximum atomic E-state index is 6.33. The minimum absolute atomic E-state index is 0.0749. The van der Waals surface area contributed by atoms with E-state index in [0.717, 1.165) is 17.3 Å². The summed E-state index contributed by atoms with van der Waals surface area (Å²) in [6.07, 6.45) is 2.03. The molecular formula is C15H18BrNS. The third kappa shape index (κ3) is 3.22. The Kier molecular flexibility index (Phi) is 4.60. The fourth-order valence-electron chi connectivity index (χ4n) is 2.06. The second-order valence-corrected chi connectivity index (χ2v) is 6.70. The Hall–Kier alpha value is -0.640. The molecule has 0 saturated carbocycles. The predicted octanol–water partition coefficient (Wildman–Crippen LogP) is 4.62. The van der Waals surface area contributed by atoms with Gasteiger partial charge in [0.2, 0.25) is 0 Å². The van der Waals surface area contributed by atoms with Crippen LogP contribution in [0, 0.1) is 6.92 Å². The molecule has 0 radical (unpaired) electrons. The SMILES string of the molecule is CCc1ccc(CC(N)c2cc(Br)ccc2C)s1. The predicted molar refractivity (Wildman–Crippen MR) is 83.2 cm³/mol. The maximum Gasteiger partial charge on any atom is 0.0346 e. The summed E-state index contributed by atoms with van der Waals surface area (Å²) in [5.74, 6) is 0. The van der Waals surface area contributed by atoms with Crippen molar-refractivity contribution in [3.63, 3.8) is 0 Å². The van der Waals surface area contributed by atoms with Gasteiger partial charge in [-0.15, -0.1) is 11.3 Å². The highest BCUT2D eigenvalue weighted by atomic mass is 79.9. The van der Waals surface area contributed by atoms with Crippen molar-refractivity contribution >= 4 is 27.3 Å². The number of hydrogen-bond donors (Lipinski definition) is 1. The molecule has 0 saturated heterocycles. The molecule has 3 heteroatoms. The Bertz CT molecular complexity index is 533. The van der Waals surface area contributed by atoms with E-state index in [1.54, 1.807) is 0 Å². The van der Waals surface area contributed by atoms with Crippen molar-refractivity contribution in [3.05, 3.63) is 55.7 Å². The monoisotopic (exact) mass is 323 g/mol. The quantitative estimate of drug-likeness (QED) is 0.872. The lowest BCUT2D eigenvalue weighted by Crippen LogP contribution is -2.14. The van der Waals surface area contributed by atoms with Gasteiger partial charge in [-0.3, -0.25) is 0 Å². The average Bonchev–Trinajstić information content (AvgIpc) is 2.80. The van der Waals surface area contributed by atoms with Gasteiger partial charge < -0.3 is 5.73 Å². The van der Waals surface area contributed by atoms with E-state index in [1.165, 1.54) is 20.9 Å². The molecule has 1 nitrogen and oxygen atoms in total. The molecule has 0 amide bonds. The van der Waals surface area contributed by atoms with Crippen LogP contribution in [-0.2, 0) is 12.8 Å². The molecule has 96 valence electrons. The van der Waals surface area contributed by atoms with Gasteiger partial charge in [0, 0.05) is 26.7 Å². The smallest absolute Gasteiger partial charge is 0.0346 e. The van der Waals surface area contributed by atoms with Crippen LogP contribution in [0.1, 0.15) is 33.8 Å². The van der Waals surface area contributed by atoms with E-state index in [-0.39, 0.29) is 6.04 Å². The molecule has 1 aromatic carbocycles. The summed E-state index contributed by atoms with van der Waals surface area (Å²) in [6, 6.07) is 10.8. The van der Waals surface area contributed by atoms with Gasteiger partial charge in [0.25, 0.3) is 0 Å². The van der Waals surface area contributed by atoms with Gasteiger partial charge >= 0.3 is 0 Å². The molecule has 0 fully saturated rings. The molecule has 2 rings (SSSR count). The summed E-state index contributed by atoms with van der Waals surface area (Å²) in [7, 11) is 0. The molecule has 0 aliphatic heterocycles. The Labute approximate surface area is 121 Å². The number of halogens is 1. The standard InChI is InChI=1S/C15H18BrNS/c1-3-12-6-7-13(18-12)9-15(17)14-8-11(16)5-4-10(14)2/h4-8,15H,3,9,17H2,1-2H3. The second kappa shape index (κ2) is 6.00. The molecule has 2 aromatic rings. The number of nitrogens with two attached hydrogens (primary N) is 1. The van der Waals surface area contributed by atoms with Crippen LogP contribution < -0.4 is 5.73 Å². The highest BCUT2D eigenvalue weighted by Crippen LogP contribution is 2.26. The van der Waals surface area contributed by atoms with Gasteiger partial charge in [0.05, 0.1) is 0 Å². The van der Waals surface area contributed by atoms with Crippen molar-refractivity contribution in [1.82, 2.24) is 0 Å². The normalized spacial score (nSPS) is 12.7. The fourth-order valence-corrected chi connectivity index (χ4v) is 3.45. The lowest BCUT2D eigenvalue weighted by atomic mass is 9.99. The van der Waals surface area contributed by atoms with Crippen LogP contribution in [0.4, 0.5) is 0 Å². The van der Waals surface area contributed by atoms with E-state index in [2.05, 4.69) is 60.1 Å².